The van der Waals surface area contributed by atoms with Gasteiger partial charge in [0.05, 0.1) is 26.3 Å². The molecule has 196 valence electrons. The van der Waals surface area contributed by atoms with E-state index in [1.54, 1.807) is 23.1 Å². The predicted molar refractivity (Wildman–Crippen MR) is 160 cm³/mol. The lowest BCUT2D eigenvalue weighted by Gasteiger charge is -2.15. The van der Waals surface area contributed by atoms with Crippen LogP contribution in [-0.4, -0.2) is 40.2 Å². The Kier molecular flexibility index (Phi) is 9.35. The lowest BCUT2D eigenvalue weighted by Crippen LogP contribution is -2.28. The maximum Gasteiger partial charge on any atom is 0.335 e. The summed E-state index contributed by atoms with van der Waals surface area (Å²) in [5.74, 6) is 0.000829. The lowest BCUT2D eigenvalue weighted by atomic mass is 10.1. The number of hydrogen-bond acceptors (Lipinski definition) is 6. The fourth-order valence-electron chi connectivity index (χ4n) is 3.70. The van der Waals surface area contributed by atoms with Gasteiger partial charge in [-0.05, 0) is 108 Å². The molecule has 1 amide bonds. The van der Waals surface area contributed by atoms with E-state index in [0.717, 1.165) is 14.7 Å². The number of aliphatic imine (C=N–C) groups is 1. The molecule has 38 heavy (non-hydrogen) atoms. The summed E-state index contributed by atoms with van der Waals surface area (Å²) < 4.78 is 12.8. The molecule has 3 aromatic carbocycles. The standard InChI is InChI=1S/C28H24ClIN2O5S/c1-3-32-26(33)24(38-28(32)31-21-10-6-8-19(15-21)27(34)35)14-18-12-22(30)25(23(13-18)36-4-2)37-16-17-7-5-9-20(29)11-17/h5-15H,3-4,16H2,1-2H3,(H,34,35)/b24-14-,31-28?. The van der Waals surface area contributed by atoms with Crippen LogP contribution in [0.25, 0.3) is 6.08 Å². The van der Waals surface area contributed by atoms with Gasteiger partial charge in [-0.25, -0.2) is 9.79 Å². The minimum atomic E-state index is -1.03. The van der Waals surface area contributed by atoms with E-state index in [-0.39, 0.29) is 11.5 Å². The van der Waals surface area contributed by atoms with E-state index in [4.69, 9.17) is 21.1 Å². The molecule has 0 radical (unpaired) electrons. The normalized spacial score (nSPS) is 15.4. The van der Waals surface area contributed by atoms with Crippen molar-refractivity contribution < 1.29 is 24.2 Å². The number of carbonyl (C=O) groups excluding carboxylic acids is 1. The van der Waals surface area contributed by atoms with Gasteiger partial charge in [-0.3, -0.25) is 9.69 Å². The monoisotopic (exact) mass is 662 g/mol. The van der Waals surface area contributed by atoms with Crippen molar-refractivity contribution in [3.8, 4) is 11.5 Å². The molecule has 0 spiro atoms. The fraction of sp³-hybridized carbons (Fsp3) is 0.179. The van der Waals surface area contributed by atoms with E-state index in [0.29, 0.717) is 52.0 Å². The summed E-state index contributed by atoms with van der Waals surface area (Å²) in [4.78, 5) is 31.1. The van der Waals surface area contributed by atoms with E-state index in [9.17, 15) is 14.7 Å². The number of halogens is 2. The first kappa shape index (κ1) is 28.0. The van der Waals surface area contributed by atoms with Crippen molar-refractivity contribution in [2.45, 2.75) is 20.5 Å². The molecule has 4 rings (SSSR count). The van der Waals surface area contributed by atoms with Crippen molar-refractivity contribution in [2.75, 3.05) is 13.2 Å². The third-order valence-corrected chi connectivity index (χ3v) is 7.47. The summed E-state index contributed by atoms with van der Waals surface area (Å²) in [6.45, 7) is 4.98. The largest absolute Gasteiger partial charge is 0.490 e. The second-order valence-corrected chi connectivity index (χ2v) is 10.7. The van der Waals surface area contributed by atoms with Gasteiger partial charge in [-0.2, -0.15) is 0 Å². The molecule has 0 atom stereocenters. The number of hydrogen-bond donors (Lipinski definition) is 1. The molecule has 0 aromatic heterocycles. The van der Waals surface area contributed by atoms with Crippen molar-refractivity contribution in [3.63, 3.8) is 0 Å². The third-order valence-electron chi connectivity index (χ3n) is 5.42. The Morgan fingerprint density at radius 2 is 1.92 bits per heavy atom. The molecule has 7 nitrogen and oxygen atoms in total. The van der Waals surface area contributed by atoms with Gasteiger partial charge in [-0.15, -0.1) is 0 Å². The Morgan fingerprint density at radius 1 is 1.13 bits per heavy atom. The molecular weight excluding hydrogens is 639 g/mol. The number of nitrogens with zero attached hydrogens (tertiary/aromatic N) is 2. The minimum absolute atomic E-state index is 0.135. The number of benzene rings is 3. The fourth-order valence-corrected chi connectivity index (χ4v) is 5.75. The van der Waals surface area contributed by atoms with Crippen molar-refractivity contribution >= 4 is 74.8 Å². The number of thioether (sulfide) groups is 1. The quantitative estimate of drug-likeness (QED) is 0.192. The highest BCUT2D eigenvalue weighted by Gasteiger charge is 2.32. The van der Waals surface area contributed by atoms with E-state index in [2.05, 4.69) is 27.6 Å². The van der Waals surface area contributed by atoms with Gasteiger partial charge >= 0.3 is 5.97 Å². The summed E-state index contributed by atoms with van der Waals surface area (Å²) in [7, 11) is 0. The number of rotatable bonds is 9. The molecule has 1 saturated heterocycles. The number of carboxylic acids is 1. The molecule has 1 fully saturated rings. The molecule has 1 aliphatic heterocycles. The Hall–Kier alpha value is -3.02. The van der Waals surface area contributed by atoms with Crippen molar-refractivity contribution in [3.05, 3.63) is 90.9 Å². The summed E-state index contributed by atoms with van der Waals surface area (Å²) >= 11 is 9.54. The Morgan fingerprint density at radius 3 is 2.63 bits per heavy atom. The topological polar surface area (TPSA) is 88.4 Å². The van der Waals surface area contributed by atoms with Crippen LogP contribution >= 0.6 is 46.0 Å². The third kappa shape index (κ3) is 6.69. The number of carbonyl (C=O) groups is 2. The van der Waals surface area contributed by atoms with Gasteiger partial charge in [0.2, 0.25) is 0 Å². The molecule has 0 unspecified atom stereocenters. The molecule has 1 aliphatic rings. The maximum absolute atomic E-state index is 13.2. The Labute approximate surface area is 243 Å². The zero-order valence-electron chi connectivity index (χ0n) is 20.6. The summed E-state index contributed by atoms with van der Waals surface area (Å²) in [6.07, 6.45) is 1.80. The zero-order valence-corrected chi connectivity index (χ0v) is 24.3. The Bertz CT molecular complexity index is 1440. The summed E-state index contributed by atoms with van der Waals surface area (Å²) in [6, 6.07) is 17.6. The first-order chi connectivity index (χ1) is 18.3. The number of likely N-dealkylation sites (N-methyl/N-ethyl adjacent to an activating group) is 1. The van der Waals surface area contributed by atoms with Gasteiger partial charge in [-0.1, -0.05) is 29.8 Å². The maximum atomic E-state index is 13.2. The lowest BCUT2D eigenvalue weighted by molar-refractivity contribution is -0.122. The minimum Gasteiger partial charge on any atom is -0.490 e. The van der Waals surface area contributed by atoms with E-state index in [1.165, 1.54) is 23.9 Å². The average Bonchev–Trinajstić information content (AvgIpc) is 3.17. The van der Waals surface area contributed by atoms with Crippen molar-refractivity contribution in [1.29, 1.82) is 0 Å². The van der Waals surface area contributed by atoms with Crippen LogP contribution in [0.5, 0.6) is 11.5 Å². The van der Waals surface area contributed by atoms with Crippen LogP contribution in [-0.2, 0) is 11.4 Å². The Balaban J connectivity index is 1.62. The second kappa shape index (κ2) is 12.7. The van der Waals surface area contributed by atoms with Crippen LogP contribution in [0.3, 0.4) is 0 Å². The molecule has 10 heteroatoms. The smallest absolute Gasteiger partial charge is 0.335 e. The van der Waals surface area contributed by atoms with E-state index >= 15 is 0 Å². The van der Waals surface area contributed by atoms with Crippen LogP contribution in [0.1, 0.15) is 35.3 Å². The van der Waals surface area contributed by atoms with Crippen LogP contribution in [0.4, 0.5) is 5.69 Å². The molecule has 0 aliphatic carbocycles. The van der Waals surface area contributed by atoms with E-state index in [1.807, 2.05) is 50.2 Å². The number of carboxylic acid groups (broad SMARTS) is 1. The summed E-state index contributed by atoms with van der Waals surface area (Å²) in [5, 5.41) is 10.4. The van der Waals surface area contributed by atoms with Gasteiger partial charge in [0.25, 0.3) is 5.91 Å². The SMILES string of the molecule is CCOc1cc(/C=C2\SC(=Nc3cccc(C(=O)O)c3)N(CC)C2=O)cc(I)c1OCc1cccc(Cl)c1. The number of ether oxygens (including phenoxy) is 2. The molecule has 1 heterocycles. The van der Waals surface area contributed by atoms with E-state index < -0.39 is 5.97 Å². The van der Waals surface area contributed by atoms with Crippen molar-refractivity contribution in [1.82, 2.24) is 4.90 Å². The molecule has 0 bridgehead atoms. The second-order valence-electron chi connectivity index (χ2n) is 8.09. The van der Waals surface area contributed by atoms with Gasteiger partial charge in [0.15, 0.2) is 16.7 Å². The van der Waals surface area contributed by atoms with Gasteiger partial charge in [0, 0.05) is 11.6 Å². The highest BCUT2D eigenvalue weighted by Crippen LogP contribution is 2.38. The highest BCUT2D eigenvalue weighted by atomic mass is 127. The average molecular weight is 663 g/mol. The molecule has 0 saturated carbocycles. The first-order valence-electron chi connectivity index (χ1n) is 11.8. The first-order valence-corrected chi connectivity index (χ1v) is 14.0. The highest BCUT2D eigenvalue weighted by molar-refractivity contribution is 14.1. The van der Waals surface area contributed by atoms with Gasteiger partial charge < -0.3 is 14.6 Å². The molecule has 1 N–H and O–H groups in total. The molecule has 3 aromatic rings. The van der Waals surface area contributed by atoms with Crippen LogP contribution in [0.15, 0.2) is 70.6 Å². The molecular formula is C28H24ClIN2O5S. The van der Waals surface area contributed by atoms with Crippen molar-refractivity contribution in [2.24, 2.45) is 4.99 Å². The number of amidine groups is 1. The van der Waals surface area contributed by atoms with Gasteiger partial charge in [0.1, 0.15) is 6.61 Å². The summed E-state index contributed by atoms with van der Waals surface area (Å²) in [5.41, 5.74) is 2.33. The van der Waals surface area contributed by atoms with Crippen LogP contribution in [0.2, 0.25) is 5.02 Å². The predicted octanol–water partition coefficient (Wildman–Crippen LogP) is 7.24. The zero-order chi connectivity index (χ0) is 27.2. The van der Waals surface area contributed by atoms with Crippen LogP contribution < -0.4 is 9.47 Å². The number of aromatic carboxylic acids is 1. The van der Waals surface area contributed by atoms with Crippen LogP contribution in [0, 0.1) is 3.57 Å². The number of amides is 1.